The minimum Gasteiger partial charge on any atom is -0.321 e. The number of rotatable bonds is 2. The van der Waals surface area contributed by atoms with E-state index in [1.807, 2.05) is 0 Å². The van der Waals surface area contributed by atoms with Gasteiger partial charge >= 0.3 is 6.18 Å². The Balaban J connectivity index is 2.45. The van der Waals surface area contributed by atoms with Crippen LogP contribution in [0.5, 0.6) is 0 Å². The lowest BCUT2D eigenvalue weighted by Gasteiger charge is -2.13. The van der Waals surface area contributed by atoms with Gasteiger partial charge in [-0.2, -0.15) is 13.2 Å². The number of nitrogens with one attached hydrogen (secondary N) is 1. The number of Topliss-reactive ketones (excluding diaryl/α,β-unsaturated/α-hetero) is 1. The number of hydrogen-bond donors (Lipinski definition) is 1. The third-order valence-electron chi connectivity index (χ3n) is 3.54. The van der Waals surface area contributed by atoms with Crippen molar-refractivity contribution < 1.29 is 18.0 Å². The van der Waals surface area contributed by atoms with Crippen molar-refractivity contribution in [3.8, 4) is 11.1 Å². The summed E-state index contributed by atoms with van der Waals surface area (Å²) in [5.41, 5.74) is -1.27. The van der Waals surface area contributed by atoms with Crippen molar-refractivity contribution in [2.24, 2.45) is 0 Å². The summed E-state index contributed by atoms with van der Waals surface area (Å²) < 4.78 is 39.6. The Bertz CT molecular complexity index is 991. The first-order valence-corrected chi connectivity index (χ1v) is 7.61. The van der Waals surface area contributed by atoms with Gasteiger partial charge in [0.15, 0.2) is 0 Å². The molecule has 0 fully saturated rings. The molecule has 0 amide bonds. The van der Waals surface area contributed by atoms with Gasteiger partial charge in [0.25, 0.3) is 11.3 Å². The predicted octanol–water partition coefficient (Wildman–Crippen LogP) is 4.70. The van der Waals surface area contributed by atoms with Crippen LogP contribution in [0.4, 0.5) is 13.2 Å². The molecule has 1 heterocycles. The molecule has 7 heteroatoms. The highest BCUT2D eigenvalue weighted by Crippen LogP contribution is 2.33. The lowest BCUT2D eigenvalue weighted by molar-refractivity contribution is -0.0885. The molecule has 0 atom stereocenters. The van der Waals surface area contributed by atoms with Crippen LogP contribution in [0.1, 0.15) is 10.4 Å². The zero-order chi connectivity index (χ0) is 17.5. The maximum Gasteiger partial charge on any atom is 0.455 e. The molecule has 0 saturated carbocycles. The van der Waals surface area contributed by atoms with E-state index in [-0.39, 0.29) is 5.56 Å². The number of para-hydroxylation sites is 1. The van der Waals surface area contributed by atoms with Gasteiger partial charge in [0.05, 0.1) is 0 Å². The molecular weight excluding hydrogens is 387 g/mol. The molecule has 0 aliphatic heterocycles. The second kappa shape index (κ2) is 5.90. The highest BCUT2D eigenvalue weighted by Gasteiger charge is 2.42. The molecule has 0 spiro atoms. The SMILES string of the molecule is O=C(c1c(-c2ccc(Br)cc2)c2ccccc2[nH]c1=O)C(F)(F)F. The number of pyridine rings is 1. The first-order chi connectivity index (χ1) is 11.3. The Morgan fingerprint density at radius 1 is 1.00 bits per heavy atom. The number of hydrogen-bond acceptors (Lipinski definition) is 2. The summed E-state index contributed by atoms with van der Waals surface area (Å²) in [6.07, 6.45) is -5.14. The number of H-pyrrole nitrogens is 1. The molecule has 0 aliphatic carbocycles. The number of aromatic amines is 1. The van der Waals surface area contributed by atoms with Gasteiger partial charge in [0, 0.05) is 20.9 Å². The minimum atomic E-state index is -5.14. The largest absolute Gasteiger partial charge is 0.455 e. The summed E-state index contributed by atoms with van der Waals surface area (Å²) in [6, 6.07) is 12.8. The number of ketones is 1. The second-order valence-electron chi connectivity index (χ2n) is 5.08. The Hall–Kier alpha value is -2.41. The van der Waals surface area contributed by atoms with E-state index in [0.29, 0.717) is 16.5 Å². The number of halogens is 4. The average molecular weight is 396 g/mol. The molecular formula is C17H9BrF3NO2. The molecule has 0 bridgehead atoms. The average Bonchev–Trinajstić information content (AvgIpc) is 2.53. The molecule has 3 rings (SSSR count). The van der Waals surface area contributed by atoms with Crippen LogP contribution in [-0.2, 0) is 0 Å². The van der Waals surface area contributed by atoms with E-state index in [2.05, 4.69) is 20.9 Å². The molecule has 1 aromatic heterocycles. The van der Waals surface area contributed by atoms with E-state index < -0.39 is 23.1 Å². The third kappa shape index (κ3) is 2.87. The van der Waals surface area contributed by atoms with E-state index >= 15 is 0 Å². The zero-order valence-corrected chi connectivity index (χ0v) is 13.5. The number of benzene rings is 2. The molecule has 0 aliphatic rings. The van der Waals surface area contributed by atoms with E-state index in [1.54, 1.807) is 48.5 Å². The molecule has 122 valence electrons. The van der Waals surface area contributed by atoms with Gasteiger partial charge < -0.3 is 4.98 Å². The van der Waals surface area contributed by atoms with E-state index in [4.69, 9.17) is 0 Å². The Labute approximate surface area is 142 Å². The number of carbonyl (C=O) groups is 1. The van der Waals surface area contributed by atoms with Crippen molar-refractivity contribution in [3.05, 3.63) is 68.9 Å². The Morgan fingerprint density at radius 3 is 2.25 bits per heavy atom. The topological polar surface area (TPSA) is 49.9 Å². The van der Waals surface area contributed by atoms with Crippen LogP contribution in [-0.4, -0.2) is 16.9 Å². The van der Waals surface area contributed by atoms with Crippen LogP contribution in [0.15, 0.2) is 57.8 Å². The molecule has 24 heavy (non-hydrogen) atoms. The van der Waals surface area contributed by atoms with Crippen LogP contribution >= 0.6 is 15.9 Å². The van der Waals surface area contributed by atoms with Crippen LogP contribution in [0.3, 0.4) is 0 Å². The van der Waals surface area contributed by atoms with Crippen molar-refractivity contribution >= 4 is 32.6 Å². The van der Waals surface area contributed by atoms with Crippen LogP contribution in [0.25, 0.3) is 22.0 Å². The minimum absolute atomic E-state index is 0.0239. The van der Waals surface area contributed by atoms with E-state index in [9.17, 15) is 22.8 Å². The summed E-state index contributed by atoms with van der Waals surface area (Å²) in [5.74, 6) is -2.16. The summed E-state index contributed by atoms with van der Waals surface area (Å²) in [6.45, 7) is 0. The maximum atomic E-state index is 13.0. The summed E-state index contributed by atoms with van der Waals surface area (Å²) >= 11 is 3.25. The second-order valence-corrected chi connectivity index (χ2v) is 6.00. The molecule has 3 aromatic rings. The zero-order valence-electron chi connectivity index (χ0n) is 11.9. The van der Waals surface area contributed by atoms with Crippen LogP contribution in [0, 0.1) is 0 Å². The summed E-state index contributed by atoms with van der Waals surface area (Å²) in [4.78, 5) is 26.4. The smallest absolute Gasteiger partial charge is 0.321 e. The first-order valence-electron chi connectivity index (χ1n) is 6.81. The van der Waals surface area contributed by atoms with Crippen LogP contribution in [0.2, 0.25) is 0 Å². The van der Waals surface area contributed by atoms with Crippen molar-refractivity contribution in [3.63, 3.8) is 0 Å². The molecule has 0 radical (unpaired) electrons. The number of fused-ring (bicyclic) bond motifs is 1. The fourth-order valence-electron chi connectivity index (χ4n) is 2.52. The van der Waals surface area contributed by atoms with Crippen molar-refractivity contribution in [1.82, 2.24) is 4.98 Å². The van der Waals surface area contributed by atoms with Crippen molar-refractivity contribution in [1.29, 1.82) is 0 Å². The molecule has 0 saturated heterocycles. The highest BCUT2D eigenvalue weighted by atomic mass is 79.9. The van der Waals surface area contributed by atoms with Crippen molar-refractivity contribution in [2.45, 2.75) is 6.18 Å². The standard InChI is InChI=1S/C17H9BrF3NO2/c18-10-7-5-9(6-8-10)13-11-3-1-2-4-12(11)22-16(24)14(13)15(23)17(19,20)21/h1-8H,(H,22,24). The molecule has 0 unspecified atom stereocenters. The van der Waals surface area contributed by atoms with Crippen LogP contribution < -0.4 is 5.56 Å². The normalized spacial score (nSPS) is 11.7. The molecule has 3 nitrogen and oxygen atoms in total. The quantitative estimate of drug-likeness (QED) is 0.639. The Kier molecular flexibility index (Phi) is 4.04. The molecule has 2 aromatic carbocycles. The van der Waals surface area contributed by atoms with E-state index in [1.165, 1.54) is 0 Å². The first kappa shape index (κ1) is 16.4. The number of alkyl halides is 3. The van der Waals surface area contributed by atoms with Gasteiger partial charge in [-0.3, -0.25) is 9.59 Å². The van der Waals surface area contributed by atoms with Gasteiger partial charge in [0.2, 0.25) is 0 Å². The summed E-state index contributed by atoms with van der Waals surface area (Å²) in [5, 5.41) is 0.368. The predicted molar refractivity (Wildman–Crippen MR) is 88.1 cm³/mol. The Morgan fingerprint density at radius 2 is 1.62 bits per heavy atom. The third-order valence-corrected chi connectivity index (χ3v) is 4.07. The molecule has 1 N–H and O–H groups in total. The van der Waals surface area contributed by atoms with E-state index in [0.717, 1.165) is 4.47 Å². The fraction of sp³-hybridized carbons (Fsp3) is 0.0588. The fourth-order valence-corrected chi connectivity index (χ4v) is 2.78. The number of carbonyl (C=O) groups excluding carboxylic acids is 1. The lowest BCUT2D eigenvalue weighted by atomic mass is 9.94. The monoisotopic (exact) mass is 395 g/mol. The van der Waals surface area contributed by atoms with Crippen molar-refractivity contribution in [2.75, 3.05) is 0 Å². The summed E-state index contributed by atoms with van der Waals surface area (Å²) in [7, 11) is 0. The van der Waals surface area contributed by atoms with Gasteiger partial charge in [-0.15, -0.1) is 0 Å². The van der Waals surface area contributed by atoms with Gasteiger partial charge in [0.1, 0.15) is 5.56 Å². The highest BCUT2D eigenvalue weighted by molar-refractivity contribution is 9.10. The maximum absolute atomic E-state index is 13.0. The van der Waals surface area contributed by atoms with Gasteiger partial charge in [-0.25, -0.2) is 0 Å². The number of aromatic nitrogens is 1. The van der Waals surface area contributed by atoms with Gasteiger partial charge in [-0.05, 0) is 23.8 Å². The van der Waals surface area contributed by atoms with Gasteiger partial charge in [-0.1, -0.05) is 46.3 Å². The lowest BCUT2D eigenvalue weighted by Crippen LogP contribution is -2.30.